The van der Waals surface area contributed by atoms with Gasteiger partial charge in [-0.15, -0.1) is 0 Å². The van der Waals surface area contributed by atoms with Crippen LogP contribution in [-0.4, -0.2) is 40.1 Å². The molecule has 0 aliphatic rings. The van der Waals surface area contributed by atoms with Crippen LogP contribution in [0.25, 0.3) is 0 Å². The molecule has 0 aromatic heterocycles. The van der Waals surface area contributed by atoms with Gasteiger partial charge in [-0.1, -0.05) is 0 Å². The van der Waals surface area contributed by atoms with Gasteiger partial charge in [-0.3, -0.25) is 0 Å². The number of hydrogen-bond acceptors (Lipinski definition) is 1. The zero-order chi connectivity index (χ0) is 4.99. The van der Waals surface area contributed by atoms with E-state index in [9.17, 15) is 0 Å². The van der Waals surface area contributed by atoms with E-state index in [0.29, 0.717) is 5.96 Å². The third kappa shape index (κ3) is 2.61. The molecule has 0 saturated carbocycles. The molecule has 0 aliphatic heterocycles. The van der Waals surface area contributed by atoms with Crippen LogP contribution in [0, 0.1) is 0 Å². The van der Waals surface area contributed by atoms with Gasteiger partial charge in [0.15, 0.2) is 0 Å². The average Bonchev–Trinajstić information content (AvgIpc) is 1.65. The van der Waals surface area contributed by atoms with Crippen LogP contribution < -0.4 is 9.97 Å². The van der Waals surface area contributed by atoms with Crippen LogP contribution in [0.15, 0.2) is 3.91 Å². The summed E-state index contributed by atoms with van der Waals surface area (Å²) in [6.45, 7) is 0. The SMILES string of the molecule is NC(=N[As])N[As]. The summed E-state index contributed by atoms with van der Waals surface area (Å²) in [7, 11) is 0. The van der Waals surface area contributed by atoms with E-state index in [1.165, 1.54) is 0 Å². The Bertz CT molecular complexity index is 59.8. The minimum atomic E-state index is 0.412. The summed E-state index contributed by atoms with van der Waals surface area (Å²) in [5, 5.41) is 0. The molecule has 5 heteroatoms. The van der Waals surface area contributed by atoms with Crippen molar-refractivity contribution in [1.82, 2.24) is 4.23 Å². The molecule has 0 saturated heterocycles. The van der Waals surface area contributed by atoms with Crippen LogP contribution >= 0.6 is 0 Å². The molecule has 32 valence electrons. The molecule has 3 N–H and O–H groups in total. The van der Waals surface area contributed by atoms with Crippen LogP contribution in [0.2, 0.25) is 0 Å². The summed E-state index contributed by atoms with van der Waals surface area (Å²) in [5.41, 5.74) is 5.08. The molecule has 0 atom stereocenters. The zero-order valence-electron chi connectivity index (χ0n) is 2.92. The fourth-order valence-corrected chi connectivity index (χ4v) is 0.604. The van der Waals surface area contributed by atoms with Crippen LogP contribution in [0.1, 0.15) is 0 Å². The Labute approximate surface area is 54.2 Å². The van der Waals surface area contributed by atoms with Crippen molar-refractivity contribution in [1.29, 1.82) is 0 Å². The number of nitrogens with one attached hydrogen (secondary N) is 1. The van der Waals surface area contributed by atoms with E-state index in [2.05, 4.69) is 25.2 Å². The maximum atomic E-state index is 5.08. The summed E-state index contributed by atoms with van der Waals surface area (Å²) in [4.78, 5) is 0. The summed E-state index contributed by atoms with van der Waals surface area (Å²) in [6.07, 6.45) is 0. The van der Waals surface area contributed by atoms with Crippen molar-refractivity contribution in [2.24, 2.45) is 9.64 Å². The molecule has 0 aromatic carbocycles. The summed E-state index contributed by atoms with van der Waals surface area (Å²) < 4.78 is 6.08. The van der Waals surface area contributed by atoms with Gasteiger partial charge in [-0.2, -0.15) is 0 Å². The third-order valence-electron chi connectivity index (χ3n) is 0.222. The first-order valence-corrected chi connectivity index (χ1v) is 2.96. The second-order valence-corrected chi connectivity index (χ2v) is 1.49. The molecule has 0 aliphatic carbocycles. The van der Waals surface area contributed by atoms with Crippen LogP contribution in [0.5, 0.6) is 0 Å². The topological polar surface area (TPSA) is 50.4 Å². The summed E-state index contributed by atoms with van der Waals surface area (Å²) in [6, 6.07) is 0. The van der Waals surface area contributed by atoms with E-state index < -0.39 is 0 Å². The zero-order valence-corrected chi connectivity index (χ0v) is 6.67. The molecule has 3 nitrogen and oxygen atoms in total. The van der Waals surface area contributed by atoms with Gasteiger partial charge in [0.25, 0.3) is 0 Å². The Kier molecular flexibility index (Phi) is 3.80. The van der Waals surface area contributed by atoms with Gasteiger partial charge in [0.2, 0.25) is 0 Å². The molecule has 0 unspecified atom stereocenters. The second kappa shape index (κ2) is 3.57. The van der Waals surface area contributed by atoms with Crippen molar-refractivity contribution in [3.8, 4) is 0 Å². The molecule has 0 heterocycles. The van der Waals surface area contributed by atoms with Gasteiger partial charge in [-0.25, -0.2) is 0 Å². The Morgan fingerprint density at radius 1 is 1.83 bits per heavy atom. The summed E-state index contributed by atoms with van der Waals surface area (Å²) in [5.74, 6) is 0.412. The Hall–Kier alpha value is 0.387. The second-order valence-electron chi connectivity index (χ2n) is 0.597. The van der Waals surface area contributed by atoms with Crippen molar-refractivity contribution < 1.29 is 0 Å². The Morgan fingerprint density at radius 3 is 2.33 bits per heavy atom. The molecule has 0 amide bonds. The monoisotopic (exact) mass is 207 g/mol. The van der Waals surface area contributed by atoms with Crippen molar-refractivity contribution in [2.45, 2.75) is 0 Å². The standard InChI is InChI=1S/CH3As2N3/c2-5-1(4)6-3/h(H3,4,5,6). The Balaban J connectivity index is 3.22. The van der Waals surface area contributed by atoms with E-state index in [1.54, 1.807) is 0 Å². The van der Waals surface area contributed by atoms with Gasteiger partial charge in [-0.05, 0) is 0 Å². The van der Waals surface area contributed by atoms with E-state index in [4.69, 9.17) is 5.73 Å². The first kappa shape index (κ1) is 6.39. The van der Waals surface area contributed by atoms with E-state index in [1.807, 2.05) is 17.1 Å². The van der Waals surface area contributed by atoms with Crippen molar-refractivity contribution in [3.05, 3.63) is 0 Å². The van der Waals surface area contributed by atoms with E-state index in [-0.39, 0.29) is 0 Å². The fraction of sp³-hybridized carbons (Fsp3) is 0. The molecule has 0 rings (SSSR count). The van der Waals surface area contributed by atoms with Crippen molar-refractivity contribution in [2.75, 3.05) is 0 Å². The van der Waals surface area contributed by atoms with Gasteiger partial charge >= 0.3 is 54.0 Å². The molecule has 6 heavy (non-hydrogen) atoms. The maximum absolute atomic E-state index is 5.08. The third-order valence-corrected chi connectivity index (χ3v) is 1.16. The summed E-state index contributed by atoms with van der Waals surface area (Å²) >= 11 is 4.10. The number of rotatable bonds is 0. The van der Waals surface area contributed by atoms with Gasteiger partial charge in [0.1, 0.15) is 0 Å². The fourth-order valence-electron chi connectivity index (χ4n) is 0.0224. The van der Waals surface area contributed by atoms with Crippen LogP contribution in [-0.2, 0) is 0 Å². The van der Waals surface area contributed by atoms with Crippen LogP contribution in [0.3, 0.4) is 0 Å². The normalized spacial score (nSPS) is 11.3. The number of guanidine groups is 1. The van der Waals surface area contributed by atoms with Gasteiger partial charge < -0.3 is 0 Å². The molecule has 4 radical (unpaired) electrons. The molecule has 0 bridgehead atoms. The first-order valence-electron chi connectivity index (χ1n) is 1.19. The quantitative estimate of drug-likeness (QED) is 0.275. The molecule has 0 spiro atoms. The Morgan fingerprint density at radius 2 is 2.33 bits per heavy atom. The number of hydrogen-bond donors (Lipinski definition) is 2. The molecular formula is CH3As2N3. The minimum absolute atomic E-state index is 0.412. The molecule has 0 aromatic rings. The molecular weight excluding hydrogens is 204 g/mol. The van der Waals surface area contributed by atoms with Gasteiger partial charge in [0, 0.05) is 0 Å². The average molecular weight is 207 g/mol. The van der Waals surface area contributed by atoms with Gasteiger partial charge in [0.05, 0.1) is 0 Å². The predicted molar refractivity (Wildman–Crippen MR) is 26.3 cm³/mol. The predicted octanol–water partition coefficient (Wildman–Crippen LogP) is -1.94. The number of nitrogens with two attached hydrogens (primary N) is 1. The van der Waals surface area contributed by atoms with Crippen molar-refractivity contribution in [3.63, 3.8) is 0 Å². The number of nitrogens with zero attached hydrogens (tertiary/aromatic N) is 1. The van der Waals surface area contributed by atoms with Crippen LogP contribution in [0.4, 0.5) is 0 Å². The molecule has 0 fully saturated rings. The van der Waals surface area contributed by atoms with E-state index >= 15 is 0 Å². The first-order chi connectivity index (χ1) is 2.81. The van der Waals surface area contributed by atoms with E-state index in [0.717, 1.165) is 0 Å². The van der Waals surface area contributed by atoms with Crippen molar-refractivity contribution >= 4 is 40.1 Å².